The molecule has 5 nitrogen and oxygen atoms in total. The molecule has 4 unspecified atom stereocenters. The minimum absolute atomic E-state index is 0.00649. The fraction of sp³-hybridized carbons (Fsp3) is 0.739. The first kappa shape index (κ1) is 19.7. The summed E-state index contributed by atoms with van der Waals surface area (Å²) in [4.78, 5) is 27.0. The van der Waals surface area contributed by atoms with E-state index in [1.54, 1.807) is 0 Å². The number of nitrogens with zero attached hydrogens (tertiary/aromatic N) is 1. The molecule has 0 spiro atoms. The Kier molecular flexibility index (Phi) is 5.38. The molecule has 4 atom stereocenters. The third-order valence-electron chi connectivity index (χ3n) is 7.36. The van der Waals surface area contributed by atoms with Gasteiger partial charge in [-0.1, -0.05) is 24.6 Å². The van der Waals surface area contributed by atoms with Gasteiger partial charge in [-0.3, -0.25) is 9.59 Å². The van der Waals surface area contributed by atoms with Crippen LogP contribution in [0, 0.1) is 23.2 Å². The van der Waals surface area contributed by atoms with Crippen molar-refractivity contribution in [3.05, 3.63) is 23.3 Å². The van der Waals surface area contributed by atoms with Crippen molar-refractivity contribution < 1.29 is 19.1 Å². The summed E-state index contributed by atoms with van der Waals surface area (Å²) < 4.78 is 11.0. The number of hydrogen-bond donors (Lipinski definition) is 0. The monoisotopic (exact) mass is 387 g/mol. The molecule has 2 saturated heterocycles. The lowest BCUT2D eigenvalue weighted by Crippen LogP contribution is -2.42. The van der Waals surface area contributed by atoms with Crippen molar-refractivity contribution in [2.24, 2.45) is 23.2 Å². The zero-order valence-corrected chi connectivity index (χ0v) is 17.4. The van der Waals surface area contributed by atoms with Crippen molar-refractivity contribution in [1.82, 2.24) is 4.90 Å². The van der Waals surface area contributed by atoms with Crippen molar-refractivity contribution in [1.29, 1.82) is 0 Å². The Balaban J connectivity index is 1.43. The molecule has 2 aliphatic carbocycles. The zero-order valence-electron chi connectivity index (χ0n) is 17.4. The van der Waals surface area contributed by atoms with Crippen LogP contribution < -0.4 is 0 Å². The SMILES string of the molecule is CCOC(=O)C1CCN(CC2C(=O)OC3CC4(C)CCC=C(C)C4=CC32)CC1. The Morgan fingerprint density at radius 1 is 1.36 bits per heavy atom. The summed E-state index contributed by atoms with van der Waals surface area (Å²) in [5, 5.41) is 0. The Morgan fingerprint density at radius 3 is 2.82 bits per heavy atom. The lowest BCUT2D eigenvalue weighted by molar-refractivity contribution is -0.150. The van der Waals surface area contributed by atoms with E-state index >= 15 is 0 Å². The zero-order chi connectivity index (χ0) is 19.9. The summed E-state index contributed by atoms with van der Waals surface area (Å²) in [5.74, 6) is -0.00988. The summed E-state index contributed by atoms with van der Waals surface area (Å²) in [6, 6.07) is 0. The first-order chi connectivity index (χ1) is 13.4. The molecule has 2 fully saturated rings. The predicted octanol–water partition coefficient (Wildman–Crippen LogP) is 3.50. The molecule has 0 amide bonds. The van der Waals surface area contributed by atoms with Gasteiger partial charge in [-0.25, -0.2) is 0 Å². The van der Waals surface area contributed by atoms with E-state index in [2.05, 4.69) is 30.9 Å². The number of rotatable bonds is 4. The number of fused-ring (bicyclic) bond motifs is 2. The Morgan fingerprint density at radius 2 is 2.11 bits per heavy atom. The predicted molar refractivity (Wildman–Crippen MR) is 106 cm³/mol. The van der Waals surface area contributed by atoms with E-state index in [0.717, 1.165) is 51.7 Å². The third-order valence-corrected chi connectivity index (χ3v) is 7.36. The Labute approximate surface area is 168 Å². The molecule has 28 heavy (non-hydrogen) atoms. The summed E-state index contributed by atoms with van der Waals surface area (Å²) in [6.07, 6.45) is 9.55. The number of ether oxygens (including phenoxy) is 2. The summed E-state index contributed by atoms with van der Waals surface area (Å²) in [6.45, 7) is 9.25. The van der Waals surface area contributed by atoms with Gasteiger partial charge < -0.3 is 14.4 Å². The van der Waals surface area contributed by atoms with Gasteiger partial charge in [0.25, 0.3) is 0 Å². The molecule has 0 aromatic heterocycles. The summed E-state index contributed by atoms with van der Waals surface area (Å²) in [5.41, 5.74) is 2.96. The van der Waals surface area contributed by atoms with Crippen LogP contribution >= 0.6 is 0 Å². The van der Waals surface area contributed by atoms with E-state index in [1.807, 2.05) is 6.92 Å². The number of allylic oxidation sites excluding steroid dienone is 3. The first-order valence-electron chi connectivity index (χ1n) is 10.9. The molecule has 0 N–H and O–H groups in total. The molecule has 0 radical (unpaired) electrons. The number of carbonyl (C=O) groups is 2. The van der Waals surface area contributed by atoms with Crippen molar-refractivity contribution in [3.63, 3.8) is 0 Å². The average molecular weight is 388 g/mol. The van der Waals surface area contributed by atoms with Gasteiger partial charge in [0.2, 0.25) is 0 Å². The van der Waals surface area contributed by atoms with Gasteiger partial charge in [-0.15, -0.1) is 0 Å². The summed E-state index contributed by atoms with van der Waals surface area (Å²) >= 11 is 0. The second kappa shape index (κ2) is 7.66. The maximum Gasteiger partial charge on any atom is 0.311 e. The number of carbonyl (C=O) groups excluding carboxylic acids is 2. The van der Waals surface area contributed by atoms with Crippen LogP contribution in [0.15, 0.2) is 23.3 Å². The number of hydrogen-bond acceptors (Lipinski definition) is 5. The lowest BCUT2D eigenvalue weighted by Gasteiger charge is -2.43. The van der Waals surface area contributed by atoms with Crippen LogP contribution in [0.2, 0.25) is 0 Å². The van der Waals surface area contributed by atoms with Crippen molar-refractivity contribution in [3.8, 4) is 0 Å². The van der Waals surface area contributed by atoms with Gasteiger partial charge in [0.1, 0.15) is 6.10 Å². The third kappa shape index (κ3) is 3.54. The molecular weight excluding hydrogens is 354 g/mol. The first-order valence-corrected chi connectivity index (χ1v) is 10.9. The largest absolute Gasteiger partial charge is 0.466 e. The molecule has 0 bridgehead atoms. The van der Waals surface area contributed by atoms with E-state index in [9.17, 15) is 9.59 Å². The standard InChI is InChI=1S/C23H33NO4/c1-4-27-21(25)16-7-10-24(11-8-16)14-18-17-12-19-15(2)6-5-9-23(19,3)13-20(17)28-22(18)26/h6,12,16-18,20H,4-5,7-11,13-14H2,1-3H3. The number of esters is 2. The lowest BCUT2D eigenvalue weighted by atomic mass is 9.62. The molecular formula is C23H33NO4. The number of likely N-dealkylation sites (tertiary alicyclic amines) is 1. The quantitative estimate of drug-likeness (QED) is 0.691. The van der Waals surface area contributed by atoms with Gasteiger partial charge >= 0.3 is 11.9 Å². The van der Waals surface area contributed by atoms with E-state index in [4.69, 9.17) is 9.47 Å². The van der Waals surface area contributed by atoms with Crippen molar-refractivity contribution in [2.45, 2.75) is 59.0 Å². The minimum Gasteiger partial charge on any atom is -0.466 e. The smallest absolute Gasteiger partial charge is 0.311 e. The van der Waals surface area contributed by atoms with Crippen LogP contribution in [0.25, 0.3) is 0 Å². The molecule has 2 heterocycles. The second-order valence-corrected chi connectivity index (χ2v) is 9.26. The average Bonchev–Trinajstić information content (AvgIpc) is 2.95. The highest BCUT2D eigenvalue weighted by Crippen LogP contribution is 2.52. The van der Waals surface area contributed by atoms with E-state index in [1.165, 1.54) is 11.1 Å². The topological polar surface area (TPSA) is 55.8 Å². The molecule has 5 heteroatoms. The van der Waals surface area contributed by atoms with E-state index < -0.39 is 0 Å². The minimum atomic E-state index is -0.0871. The molecule has 0 aromatic rings. The maximum atomic E-state index is 12.7. The molecule has 0 saturated carbocycles. The van der Waals surface area contributed by atoms with Gasteiger partial charge in [-0.2, -0.15) is 0 Å². The fourth-order valence-corrected chi connectivity index (χ4v) is 5.73. The molecule has 4 aliphatic rings. The van der Waals surface area contributed by atoms with Gasteiger partial charge in [0.05, 0.1) is 18.4 Å². The van der Waals surface area contributed by atoms with Gasteiger partial charge in [0, 0.05) is 12.5 Å². The highest BCUT2D eigenvalue weighted by molar-refractivity contribution is 5.76. The van der Waals surface area contributed by atoms with Gasteiger partial charge in [0.15, 0.2) is 0 Å². The normalized spacial score (nSPS) is 36.1. The second-order valence-electron chi connectivity index (χ2n) is 9.26. The van der Waals surface area contributed by atoms with Crippen LogP contribution in [0.5, 0.6) is 0 Å². The van der Waals surface area contributed by atoms with Gasteiger partial charge in [-0.05, 0) is 70.0 Å². The summed E-state index contributed by atoms with van der Waals surface area (Å²) in [7, 11) is 0. The molecule has 0 aromatic carbocycles. The van der Waals surface area contributed by atoms with Crippen LogP contribution in [0.1, 0.15) is 52.9 Å². The molecule has 4 rings (SSSR count). The fourth-order valence-electron chi connectivity index (χ4n) is 5.73. The molecule has 154 valence electrons. The Bertz CT molecular complexity index is 703. The Hall–Kier alpha value is -1.62. The highest BCUT2D eigenvalue weighted by Gasteiger charge is 2.51. The molecule has 2 aliphatic heterocycles. The van der Waals surface area contributed by atoms with Crippen LogP contribution in [-0.4, -0.2) is 49.2 Å². The van der Waals surface area contributed by atoms with E-state index in [-0.39, 0.29) is 41.2 Å². The maximum absolute atomic E-state index is 12.7. The van der Waals surface area contributed by atoms with Crippen LogP contribution in [-0.2, 0) is 19.1 Å². The van der Waals surface area contributed by atoms with Crippen molar-refractivity contribution >= 4 is 11.9 Å². The van der Waals surface area contributed by atoms with Crippen LogP contribution in [0.3, 0.4) is 0 Å². The van der Waals surface area contributed by atoms with Crippen molar-refractivity contribution in [2.75, 3.05) is 26.2 Å². The van der Waals surface area contributed by atoms with Crippen LogP contribution in [0.4, 0.5) is 0 Å². The number of piperidine rings is 1. The highest BCUT2D eigenvalue weighted by atomic mass is 16.6. The van der Waals surface area contributed by atoms with E-state index in [0.29, 0.717) is 6.61 Å².